The lowest BCUT2D eigenvalue weighted by Gasteiger charge is -2.40. The third-order valence-corrected chi connectivity index (χ3v) is 6.75. The molecule has 2 heterocycles. The summed E-state index contributed by atoms with van der Waals surface area (Å²) in [5.41, 5.74) is 2.39. The van der Waals surface area contributed by atoms with Gasteiger partial charge in [0.15, 0.2) is 5.78 Å². The predicted molar refractivity (Wildman–Crippen MR) is 120 cm³/mol. The maximum absolute atomic E-state index is 13.9. The largest absolute Gasteiger partial charge is 0.456 e. The van der Waals surface area contributed by atoms with Crippen molar-refractivity contribution in [1.82, 2.24) is 4.90 Å². The number of ketones is 1. The molecule has 1 fully saturated rings. The van der Waals surface area contributed by atoms with Crippen molar-refractivity contribution < 1.29 is 9.53 Å². The molecule has 3 nitrogen and oxygen atoms in total. The highest BCUT2D eigenvalue weighted by Crippen LogP contribution is 2.48. The first kappa shape index (κ1) is 19.3. The van der Waals surface area contributed by atoms with Gasteiger partial charge in [0.05, 0.1) is 11.0 Å². The number of hydrogen-bond donors (Lipinski definition) is 0. The monoisotopic (exact) mass is 417 g/mol. The van der Waals surface area contributed by atoms with E-state index in [9.17, 15) is 4.79 Å². The van der Waals surface area contributed by atoms with Crippen molar-refractivity contribution in [2.24, 2.45) is 0 Å². The van der Waals surface area contributed by atoms with Gasteiger partial charge in [-0.2, -0.15) is 0 Å². The highest BCUT2D eigenvalue weighted by atomic mass is 35.5. The lowest BCUT2D eigenvalue weighted by Crippen LogP contribution is -2.47. The fraction of sp³-hybridized carbons (Fsp3) is 0.269. The molecule has 0 saturated carbocycles. The van der Waals surface area contributed by atoms with Gasteiger partial charge in [-0.05, 0) is 62.2 Å². The van der Waals surface area contributed by atoms with E-state index in [-0.39, 0.29) is 5.78 Å². The summed E-state index contributed by atoms with van der Waals surface area (Å²) in [5.74, 6) is 1.51. The Balaban J connectivity index is 1.43. The Morgan fingerprint density at radius 3 is 2.43 bits per heavy atom. The van der Waals surface area contributed by atoms with Crippen LogP contribution in [0.2, 0.25) is 5.02 Å². The van der Waals surface area contributed by atoms with Crippen LogP contribution in [0.5, 0.6) is 11.5 Å². The minimum atomic E-state index is -0.560. The zero-order chi connectivity index (χ0) is 20.6. The van der Waals surface area contributed by atoms with E-state index in [0.29, 0.717) is 16.3 Å². The maximum Gasteiger partial charge on any atom is 0.177 e. The van der Waals surface area contributed by atoms with Gasteiger partial charge in [-0.15, -0.1) is 0 Å². The first-order valence-corrected chi connectivity index (χ1v) is 10.9. The third-order valence-electron chi connectivity index (χ3n) is 6.51. The number of carbonyl (C=O) groups is 1. The van der Waals surface area contributed by atoms with Gasteiger partial charge in [0, 0.05) is 17.1 Å². The number of fused-ring (bicyclic) bond motifs is 3. The van der Waals surface area contributed by atoms with Gasteiger partial charge >= 0.3 is 0 Å². The molecule has 30 heavy (non-hydrogen) atoms. The zero-order valence-electron chi connectivity index (χ0n) is 16.8. The molecule has 4 heteroatoms. The van der Waals surface area contributed by atoms with Crippen LogP contribution >= 0.6 is 11.6 Å². The van der Waals surface area contributed by atoms with E-state index in [2.05, 4.69) is 41.3 Å². The van der Waals surface area contributed by atoms with Crippen LogP contribution in [-0.2, 0) is 11.8 Å². The molecule has 0 bridgehead atoms. The number of Topliss-reactive ketones (excluding diaryl/α,β-unsaturated/α-hetero) is 1. The number of benzene rings is 3. The highest BCUT2D eigenvalue weighted by Gasteiger charge is 2.47. The van der Waals surface area contributed by atoms with Crippen molar-refractivity contribution in [2.45, 2.75) is 24.7 Å². The van der Waals surface area contributed by atoms with Crippen LogP contribution in [0.25, 0.3) is 0 Å². The Kier molecular flexibility index (Phi) is 5.10. The molecular formula is C26H24ClNO2. The summed E-state index contributed by atoms with van der Waals surface area (Å²) in [6.07, 6.45) is 2.60. The summed E-state index contributed by atoms with van der Waals surface area (Å²) in [7, 11) is 0. The molecule has 152 valence electrons. The van der Waals surface area contributed by atoms with E-state index in [4.69, 9.17) is 16.3 Å². The molecule has 0 unspecified atom stereocenters. The zero-order valence-corrected chi connectivity index (χ0v) is 17.6. The van der Waals surface area contributed by atoms with Crippen molar-refractivity contribution in [3.05, 3.63) is 94.5 Å². The van der Waals surface area contributed by atoms with Gasteiger partial charge in [-0.3, -0.25) is 4.79 Å². The van der Waals surface area contributed by atoms with Crippen LogP contribution in [-0.4, -0.2) is 30.3 Å². The number of carbonyl (C=O) groups excluding carboxylic acids is 1. The number of piperidine rings is 1. The Hall–Kier alpha value is -2.62. The number of para-hydroxylation sites is 1. The second-order valence-electron chi connectivity index (χ2n) is 8.23. The van der Waals surface area contributed by atoms with Crippen LogP contribution < -0.4 is 4.74 Å². The second-order valence-corrected chi connectivity index (χ2v) is 8.66. The van der Waals surface area contributed by atoms with Gasteiger partial charge in [0.1, 0.15) is 11.5 Å². The van der Waals surface area contributed by atoms with E-state index in [0.717, 1.165) is 50.2 Å². The van der Waals surface area contributed by atoms with Crippen LogP contribution in [0.4, 0.5) is 0 Å². The Bertz CT molecular complexity index is 1070. The first-order valence-electron chi connectivity index (χ1n) is 10.5. The van der Waals surface area contributed by atoms with E-state index in [1.54, 1.807) is 18.2 Å². The predicted octanol–water partition coefficient (Wildman–Crippen LogP) is 5.90. The molecule has 0 radical (unpaired) electrons. The normalized spacial score (nSPS) is 17.7. The van der Waals surface area contributed by atoms with Gasteiger partial charge in [-0.1, -0.05) is 60.1 Å². The molecular weight excluding hydrogens is 394 g/mol. The molecule has 0 aromatic heterocycles. The molecule has 5 rings (SSSR count). The quantitative estimate of drug-likeness (QED) is 0.531. The van der Waals surface area contributed by atoms with Crippen molar-refractivity contribution in [3.8, 4) is 11.5 Å². The molecule has 0 N–H and O–H groups in total. The fourth-order valence-corrected chi connectivity index (χ4v) is 4.98. The molecule has 1 saturated heterocycles. The van der Waals surface area contributed by atoms with Crippen molar-refractivity contribution in [2.75, 3.05) is 19.6 Å². The van der Waals surface area contributed by atoms with E-state index >= 15 is 0 Å². The minimum absolute atomic E-state index is 0.132. The van der Waals surface area contributed by atoms with Crippen molar-refractivity contribution in [3.63, 3.8) is 0 Å². The summed E-state index contributed by atoms with van der Waals surface area (Å²) in [6.45, 7) is 2.79. The van der Waals surface area contributed by atoms with E-state index in [1.807, 2.05) is 18.2 Å². The average Bonchev–Trinajstić information content (AvgIpc) is 2.88. The molecule has 2 aliphatic heterocycles. The molecule has 0 amide bonds. The van der Waals surface area contributed by atoms with E-state index < -0.39 is 5.41 Å². The molecule has 2 aliphatic rings. The van der Waals surface area contributed by atoms with Crippen molar-refractivity contribution >= 4 is 17.4 Å². The van der Waals surface area contributed by atoms with Crippen LogP contribution in [0, 0.1) is 0 Å². The lowest BCUT2D eigenvalue weighted by atomic mass is 9.68. The Morgan fingerprint density at radius 2 is 1.63 bits per heavy atom. The average molecular weight is 418 g/mol. The lowest BCUT2D eigenvalue weighted by molar-refractivity contribution is 0.0774. The van der Waals surface area contributed by atoms with Gasteiger partial charge in [0.2, 0.25) is 0 Å². The van der Waals surface area contributed by atoms with Crippen LogP contribution in [0.1, 0.15) is 34.3 Å². The number of halogens is 1. The highest BCUT2D eigenvalue weighted by molar-refractivity contribution is 6.31. The van der Waals surface area contributed by atoms with E-state index in [1.165, 1.54) is 5.56 Å². The number of rotatable bonds is 3. The molecule has 3 aromatic rings. The van der Waals surface area contributed by atoms with Crippen LogP contribution in [0.3, 0.4) is 0 Å². The summed E-state index contributed by atoms with van der Waals surface area (Å²) >= 11 is 6.24. The maximum atomic E-state index is 13.9. The molecule has 1 spiro atoms. The number of likely N-dealkylation sites (tertiary alicyclic amines) is 1. The number of ether oxygens (including phenoxy) is 1. The minimum Gasteiger partial charge on any atom is -0.456 e. The Morgan fingerprint density at radius 1 is 0.900 bits per heavy atom. The third kappa shape index (κ3) is 3.42. The van der Waals surface area contributed by atoms with Crippen molar-refractivity contribution in [1.29, 1.82) is 0 Å². The van der Waals surface area contributed by atoms with Gasteiger partial charge < -0.3 is 9.64 Å². The van der Waals surface area contributed by atoms with Gasteiger partial charge in [0.25, 0.3) is 0 Å². The summed E-state index contributed by atoms with van der Waals surface area (Å²) in [5, 5.41) is 0.562. The van der Waals surface area contributed by atoms with Crippen LogP contribution in [0.15, 0.2) is 72.8 Å². The standard InChI is InChI=1S/C26H24ClNO2/c27-20-10-11-23-21(18-20)25(29)26(22-8-4-5-9-24(22)30-23)13-16-28(17-14-26)15-12-19-6-2-1-3-7-19/h1-11,18H,12-17H2. The number of hydrogen-bond acceptors (Lipinski definition) is 3. The second kappa shape index (κ2) is 7.90. The molecule has 3 aromatic carbocycles. The first-order chi connectivity index (χ1) is 14.7. The number of nitrogens with zero attached hydrogens (tertiary/aromatic N) is 1. The SMILES string of the molecule is O=C1c2cc(Cl)ccc2Oc2ccccc2C12CCN(CCc1ccccc1)CC2. The van der Waals surface area contributed by atoms with Gasteiger partial charge in [-0.25, -0.2) is 0 Å². The smallest absolute Gasteiger partial charge is 0.177 e. The molecule has 0 aliphatic carbocycles. The summed E-state index contributed by atoms with van der Waals surface area (Å²) in [4.78, 5) is 16.3. The molecule has 0 atom stereocenters. The summed E-state index contributed by atoms with van der Waals surface area (Å²) < 4.78 is 6.19. The summed E-state index contributed by atoms with van der Waals surface area (Å²) in [6, 6.07) is 23.9. The Labute approximate surface area is 182 Å². The fourth-order valence-electron chi connectivity index (χ4n) is 4.80. The topological polar surface area (TPSA) is 29.5 Å².